The van der Waals surface area contributed by atoms with Gasteiger partial charge in [0.25, 0.3) is 0 Å². The summed E-state index contributed by atoms with van der Waals surface area (Å²) in [7, 11) is 0. The van der Waals surface area contributed by atoms with E-state index in [0.29, 0.717) is 30.6 Å². The van der Waals surface area contributed by atoms with E-state index in [2.05, 4.69) is 45.7 Å². The minimum absolute atomic E-state index is 0.119. The van der Waals surface area contributed by atoms with Crippen LogP contribution >= 0.6 is 31.9 Å². The fourth-order valence-corrected chi connectivity index (χ4v) is 7.92. The largest absolute Gasteiger partial charge is 0.381 e. The van der Waals surface area contributed by atoms with Gasteiger partial charge < -0.3 is 5.11 Å². The van der Waals surface area contributed by atoms with Crippen molar-refractivity contribution < 1.29 is 14.7 Å². The van der Waals surface area contributed by atoms with Crippen molar-refractivity contribution in [3.8, 4) is 0 Å². The van der Waals surface area contributed by atoms with E-state index in [1.54, 1.807) is 0 Å². The molecular formula is C21H28Br2O3. The summed E-state index contributed by atoms with van der Waals surface area (Å²) >= 11 is 6.64. The quantitative estimate of drug-likeness (QED) is 0.561. The second-order valence-electron chi connectivity index (χ2n) is 9.49. The Kier molecular flexibility index (Phi) is 4.64. The Morgan fingerprint density at radius 1 is 1.12 bits per heavy atom. The van der Waals surface area contributed by atoms with Gasteiger partial charge in [-0.25, -0.2) is 0 Å². The highest BCUT2D eigenvalue weighted by molar-refractivity contribution is 9.25. The van der Waals surface area contributed by atoms with Gasteiger partial charge in [0.2, 0.25) is 0 Å². The number of carbonyl (C=O) groups excluding carboxylic acids is 2. The molecule has 3 saturated carbocycles. The zero-order chi connectivity index (χ0) is 18.9. The minimum Gasteiger partial charge on any atom is -0.381 e. The van der Waals surface area contributed by atoms with Crippen LogP contribution in [0.1, 0.15) is 65.2 Å². The summed E-state index contributed by atoms with van der Waals surface area (Å²) in [5.74, 6) is 1.69. The number of rotatable bonds is 2. The summed E-state index contributed by atoms with van der Waals surface area (Å²) in [6, 6.07) is 0. The maximum Gasteiger partial charge on any atom is 0.189 e. The Balaban J connectivity index is 1.68. The molecule has 0 saturated heterocycles. The van der Waals surface area contributed by atoms with E-state index in [1.165, 1.54) is 5.57 Å². The Hall–Kier alpha value is -0.000000000000000222. The molecule has 26 heavy (non-hydrogen) atoms. The first-order valence-electron chi connectivity index (χ1n) is 9.92. The van der Waals surface area contributed by atoms with Crippen LogP contribution in [0.15, 0.2) is 11.6 Å². The van der Waals surface area contributed by atoms with Crippen molar-refractivity contribution in [2.45, 2.75) is 74.6 Å². The fourth-order valence-electron chi connectivity index (χ4n) is 7.16. The highest BCUT2D eigenvalue weighted by Crippen LogP contribution is 2.67. The molecule has 0 bridgehead atoms. The molecular weight excluding hydrogens is 460 g/mol. The zero-order valence-electron chi connectivity index (χ0n) is 15.6. The van der Waals surface area contributed by atoms with Gasteiger partial charge in [-0.3, -0.25) is 9.59 Å². The number of allylic oxidation sites excluding steroid dienone is 1. The third kappa shape index (κ3) is 2.45. The van der Waals surface area contributed by atoms with Crippen molar-refractivity contribution >= 4 is 43.4 Å². The Morgan fingerprint density at radius 2 is 1.81 bits per heavy atom. The van der Waals surface area contributed by atoms with Gasteiger partial charge in [0.15, 0.2) is 11.6 Å². The molecule has 0 aromatic rings. The third-order valence-corrected chi connectivity index (χ3v) is 9.55. The summed E-state index contributed by atoms with van der Waals surface area (Å²) < 4.78 is -0.490. The van der Waals surface area contributed by atoms with Gasteiger partial charge in [-0.15, -0.1) is 0 Å². The monoisotopic (exact) mass is 486 g/mol. The van der Waals surface area contributed by atoms with E-state index in [-0.39, 0.29) is 22.4 Å². The lowest BCUT2D eigenvalue weighted by atomic mass is 9.46. The van der Waals surface area contributed by atoms with Crippen LogP contribution in [0.4, 0.5) is 0 Å². The molecule has 0 spiro atoms. The highest BCUT2D eigenvalue weighted by Gasteiger charge is 2.66. The fraction of sp³-hybridized carbons (Fsp3) is 0.810. The van der Waals surface area contributed by atoms with Crippen molar-refractivity contribution in [1.82, 2.24) is 0 Å². The Morgan fingerprint density at radius 3 is 2.50 bits per heavy atom. The molecule has 3 fully saturated rings. The summed E-state index contributed by atoms with van der Waals surface area (Å²) in [6.07, 6.45) is 9.11. The second-order valence-corrected chi connectivity index (χ2v) is 12.5. The van der Waals surface area contributed by atoms with Crippen LogP contribution in [0, 0.1) is 28.6 Å². The van der Waals surface area contributed by atoms with Gasteiger partial charge in [-0.05, 0) is 74.2 Å². The Labute approximate surface area is 172 Å². The lowest BCUT2D eigenvalue weighted by molar-refractivity contribution is -0.160. The Bertz CT molecular complexity index is 687. The number of carbonyl (C=O) groups is 2. The van der Waals surface area contributed by atoms with E-state index in [9.17, 15) is 14.7 Å². The molecule has 0 unspecified atom stereocenters. The van der Waals surface area contributed by atoms with E-state index in [1.807, 2.05) is 6.08 Å². The van der Waals surface area contributed by atoms with Crippen molar-refractivity contribution in [2.75, 3.05) is 0 Å². The van der Waals surface area contributed by atoms with Crippen molar-refractivity contribution in [3.05, 3.63) is 11.6 Å². The molecule has 0 heterocycles. The summed E-state index contributed by atoms with van der Waals surface area (Å²) in [4.78, 5) is 24.7. The van der Waals surface area contributed by atoms with E-state index >= 15 is 0 Å². The van der Waals surface area contributed by atoms with Crippen molar-refractivity contribution in [1.29, 1.82) is 0 Å². The molecule has 0 aliphatic heterocycles. The second kappa shape index (κ2) is 6.25. The van der Waals surface area contributed by atoms with Crippen LogP contribution in [-0.4, -0.2) is 26.0 Å². The molecule has 4 aliphatic rings. The van der Waals surface area contributed by atoms with Crippen LogP contribution in [-0.2, 0) is 9.59 Å². The molecule has 6 atom stereocenters. The molecule has 0 aromatic heterocycles. The smallest absolute Gasteiger partial charge is 0.189 e. The molecule has 0 amide bonds. The van der Waals surface area contributed by atoms with Crippen LogP contribution in [0.2, 0.25) is 0 Å². The first-order valence-corrected chi connectivity index (χ1v) is 11.8. The van der Waals surface area contributed by atoms with Crippen LogP contribution in [0.5, 0.6) is 0 Å². The number of fused-ring (bicyclic) bond motifs is 5. The molecule has 4 aliphatic carbocycles. The molecule has 0 aromatic carbocycles. The molecule has 0 radical (unpaired) electrons. The van der Waals surface area contributed by atoms with Crippen LogP contribution < -0.4 is 0 Å². The highest BCUT2D eigenvalue weighted by atomic mass is 79.9. The molecule has 4 rings (SSSR count). The lowest BCUT2D eigenvalue weighted by Gasteiger charge is -2.59. The third-order valence-electron chi connectivity index (χ3n) is 8.72. The van der Waals surface area contributed by atoms with Crippen LogP contribution in [0.25, 0.3) is 0 Å². The average Bonchev–Trinajstić information content (AvgIpc) is 2.87. The first kappa shape index (κ1) is 19.3. The van der Waals surface area contributed by atoms with Gasteiger partial charge >= 0.3 is 0 Å². The van der Waals surface area contributed by atoms with E-state index in [4.69, 9.17) is 0 Å². The summed E-state index contributed by atoms with van der Waals surface area (Å²) in [6.45, 7) is 4.52. The molecule has 3 nitrogen and oxygen atoms in total. The number of hydrogen-bond donors (Lipinski definition) is 1. The van der Waals surface area contributed by atoms with Crippen LogP contribution in [0.3, 0.4) is 0 Å². The summed E-state index contributed by atoms with van der Waals surface area (Å²) in [5, 5.41) is 11.4. The van der Waals surface area contributed by atoms with Crippen molar-refractivity contribution in [3.63, 3.8) is 0 Å². The average molecular weight is 488 g/mol. The lowest BCUT2D eigenvalue weighted by Crippen LogP contribution is -2.58. The minimum atomic E-state index is -1.24. The summed E-state index contributed by atoms with van der Waals surface area (Å²) in [5.41, 5.74) is -0.0765. The number of Topliss-reactive ketones (excluding diaryl/α,β-unsaturated/α-hetero) is 1. The number of hydrogen-bond acceptors (Lipinski definition) is 3. The number of aliphatic hydroxyl groups is 1. The predicted octanol–water partition coefficient (Wildman–Crippen LogP) is 4.93. The molecule has 5 heteroatoms. The first-order chi connectivity index (χ1) is 12.1. The topological polar surface area (TPSA) is 54.4 Å². The number of ketones is 2. The van der Waals surface area contributed by atoms with E-state index < -0.39 is 9.34 Å². The van der Waals surface area contributed by atoms with Gasteiger partial charge in [0.1, 0.15) is 9.34 Å². The number of alkyl halides is 2. The maximum atomic E-state index is 12.8. The standard InChI is InChI=1S/C21H28Br2O3/c1-19-8-5-13(24)11-12(19)3-4-14-15(19)6-9-20(2)16(14)7-10-21(20,26)17(25)18(22)23/h11,14-16,18,26H,3-10H2,1-2H3/t14-,15+,16+,19+,20+,21-/m1/s1. The van der Waals surface area contributed by atoms with Gasteiger partial charge in [0.05, 0.1) is 0 Å². The van der Waals surface area contributed by atoms with Gasteiger partial charge in [-0.1, -0.05) is 51.3 Å². The van der Waals surface area contributed by atoms with Gasteiger partial charge in [0, 0.05) is 11.8 Å². The molecule has 144 valence electrons. The van der Waals surface area contributed by atoms with E-state index in [0.717, 1.165) is 38.5 Å². The van der Waals surface area contributed by atoms with Crippen molar-refractivity contribution in [2.24, 2.45) is 28.6 Å². The normalized spacial score (nSPS) is 47.8. The predicted molar refractivity (Wildman–Crippen MR) is 108 cm³/mol. The zero-order valence-corrected chi connectivity index (χ0v) is 18.7. The van der Waals surface area contributed by atoms with Gasteiger partial charge in [-0.2, -0.15) is 0 Å². The SMILES string of the molecule is C[C@]12CCC(=O)C=C1CC[C@@H]1[C@@H]2CC[C@@]2(C)[C@H]1CC[C@@]2(O)C(=O)C(Br)Br. The molecule has 1 N–H and O–H groups in total. The number of halogens is 2. The maximum absolute atomic E-state index is 12.8.